The molecular weight excluding hydrogens is 400 g/mol. The van der Waals surface area contributed by atoms with Crippen molar-refractivity contribution in [1.29, 1.82) is 0 Å². The molecule has 1 heterocycles. The van der Waals surface area contributed by atoms with Crippen molar-refractivity contribution < 1.29 is 34.7 Å². The Morgan fingerprint density at radius 3 is 2.10 bits per heavy atom. The first kappa shape index (κ1) is 27.8. The molecule has 0 radical (unpaired) electrons. The molecule has 0 aromatic carbocycles. The number of esters is 1. The third-order valence-electron chi connectivity index (χ3n) is 5.43. The van der Waals surface area contributed by atoms with Crippen LogP contribution in [-0.2, 0) is 14.3 Å². The summed E-state index contributed by atoms with van der Waals surface area (Å²) in [4.78, 5) is 11.9. The average Bonchev–Trinajstić information content (AvgIpc) is 2.76. The number of hydrogen-bond donors (Lipinski definition) is 4. The van der Waals surface area contributed by atoms with E-state index in [-0.39, 0.29) is 6.42 Å². The molecule has 5 atom stereocenters. The van der Waals surface area contributed by atoms with Crippen molar-refractivity contribution in [2.24, 2.45) is 0 Å². The van der Waals surface area contributed by atoms with E-state index in [1.807, 2.05) is 0 Å². The minimum absolute atomic E-state index is 0.194. The first-order valence-corrected chi connectivity index (χ1v) is 11.8. The van der Waals surface area contributed by atoms with Gasteiger partial charge in [0, 0.05) is 6.42 Å². The standard InChI is InChI=1S/C24H42O7/c1-2-3-4-5-6-7-8-9-10-11-12-13-14-15-16-17-20(26)31-24-23(29)22(28)21(27)19(18-25)30-24/h6-7,9-10,19,21-25,27-29H,2-5,8,11-18H2,1H3/b7-6-,10-9-/t19-,21+,22+,23-,24?/m1/s1. The second-order valence-corrected chi connectivity index (χ2v) is 8.17. The summed E-state index contributed by atoms with van der Waals surface area (Å²) < 4.78 is 10.2. The van der Waals surface area contributed by atoms with Gasteiger partial charge in [-0.3, -0.25) is 4.79 Å². The molecule has 0 aliphatic carbocycles. The summed E-state index contributed by atoms with van der Waals surface area (Å²) in [6.45, 7) is 1.67. The largest absolute Gasteiger partial charge is 0.433 e. The monoisotopic (exact) mass is 442 g/mol. The van der Waals surface area contributed by atoms with Gasteiger partial charge >= 0.3 is 5.97 Å². The molecule has 31 heavy (non-hydrogen) atoms. The van der Waals surface area contributed by atoms with Crippen LogP contribution in [0, 0.1) is 0 Å². The molecule has 0 aromatic rings. The quantitative estimate of drug-likeness (QED) is 0.165. The number of unbranched alkanes of at least 4 members (excludes halogenated alkanes) is 8. The van der Waals surface area contributed by atoms with E-state index in [1.165, 1.54) is 25.7 Å². The van der Waals surface area contributed by atoms with Gasteiger partial charge in [0.1, 0.15) is 24.4 Å². The molecule has 0 bridgehead atoms. The van der Waals surface area contributed by atoms with Gasteiger partial charge in [-0.1, -0.05) is 63.3 Å². The number of carbonyl (C=O) groups is 1. The number of rotatable bonds is 16. The molecule has 4 N–H and O–H groups in total. The number of hydrogen-bond acceptors (Lipinski definition) is 7. The molecule has 1 unspecified atom stereocenters. The van der Waals surface area contributed by atoms with E-state index in [0.717, 1.165) is 38.5 Å². The molecule has 1 aliphatic heterocycles. The highest BCUT2D eigenvalue weighted by molar-refractivity contribution is 5.69. The Morgan fingerprint density at radius 1 is 0.839 bits per heavy atom. The summed E-state index contributed by atoms with van der Waals surface area (Å²) in [6, 6.07) is 0. The van der Waals surface area contributed by atoms with Gasteiger partial charge < -0.3 is 29.9 Å². The topological polar surface area (TPSA) is 116 Å². The maximum atomic E-state index is 11.9. The Hall–Kier alpha value is -1.25. The Bertz CT molecular complexity index is 518. The lowest BCUT2D eigenvalue weighted by molar-refractivity contribution is -0.292. The Morgan fingerprint density at radius 2 is 1.45 bits per heavy atom. The maximum Gasteiger partial charge on any atom is 0.308 e. The van der Waals surface area contributed by atoms with E-state index < -0.39 is 43.3 Å². The lowest BCUT2D eigenvalue weighted by atomic mass is 9.99. The predicted molar refractivity (Wildman–Crippen MR) is 119 cm³/mol. The predicted octanol–water partition coefficient (Wildman–Crippen LogP) is 3.14. The highest BCUT2D eigenvalue weighted by Gasteiger charge is 2.45. The Balaban J connectivity index is 2.03. The van der Waals surface area contributed by atoms with Crippen LogP contribution in [0.3, 0.4) is 0 Å². The van der Waals surface area contributed by atoms with Crippen LogP contribution >= 0.6 is 0 Å². The van der Waals surface area contributed by atoms with Crippen molar-refractivity contribution in [2.45, 2.75) is 115 Å². The van der Waals surface area contributed by atoms with E-state index in [1.54, 1.807) is 0 Å². The average molecular weight is 443 g/mol. The van der Waals surface area contributed by atoms with Crippen LogP contribution in [0.15, 0.2) is 24.3 Å². The van der Waals surface area contributed by atoms with E-state index in [4.69, 9.17) is 14.6 Å². The lowest BCUT2D eigenvalue weighted by Gasteiger charge is -2.39. The molecule has 7 nitrogen and oxygen atoms in total. The second kappa shape index (κ2) is 17.3. The fourth-order valence-electron chi connectivity index (χ4n) is 3.43. The SMILES string of the molecule is CCCCC/C=C\C/C=C\CCCCCCCC(=O)OC1O[C@H](CO)[C@H](O)[C@H](O)[C@H]1O. The molecule has 0 saturated carbocycles. The van der Waals surface area contributed by atoms with Gasteiger partial charge in [0.25, 0.3) is 0 Å². The number of aliphatic hydroxyl groups is 4. The van der Waals surface area contributed by atoms with Crippen LogP contribution in [0.5, 0.6) is 0 Å². The summed E-state index contributed by atoms with van der Waals surface area (Å²) in [5, 5.41) is 38.4. The third-order valence-corrected chi connectivity index (χ3v) is 5.43. The van der Waals surface area contributed by atoms with Gasteiger partial charge in [-0.2, -0.15) is 0 Å². The molecule has 1 aliphatic rings. The molecule has 0 spiro atoms. The number of carbonyl (C=O) groups excluding carboxylic acids is 1. The first-order chi connectivity index (χ1) is 15.0. The summed E-state index contributed by atoms with van der Waals surface area (Å²) in [7, 11) is 0. The molecular formula is C24H42O7. The van der Waals surface area contributed by atoms with E-state index in [9.17, 15) is 20.1 Å². The van der Waals surface area contributed by atoms with Crippen LogP contribution in [0.25, 0.3) is 0 Å². The van der Waals surface area contributed by atoms with Crippen molar-refractivity contribution >= 4 is 5.97 Å². The normalized spacial score (nSPS) is 26.7. The lowest BCUT2D eigenvalue weighted by Crippen LogP contribution is -2.59. The summed E-state index contributed by atoms with van der Waals surface area (Å²) in [5.41, 5.74) is 0. The highest BCUT2D eigenvalue weighted by Crippen LogP contribution is 2.22. The van der Waals surface area contributed by atoms with Crippen molar-refractivity contribution in [3.63, 3.8) is 0 Å². The molecule has 7 heteroatoms. The van der Waals surface area contributed by atoms with Crippen LogP contribution < -0.4 is 0 Å². The van der Waals surface area contributed by atoms with Crippen LogP contribution in [0.2, 0.25) is 0 Å². The highest BCUT2D eigenvalue weighted by atomic mass is 16.7. The number of ether oxygens (including phenoxy) is 2. The summed E-state index contributed by atoms with van der Waals surface area (Å²) in [6.07, 6.45) is 14.1. The molecule has 1 fully saturated rings. The van der Waals surface area contributed by atoms with Crippen molar-refractivity contribution in [3.05, 3.63) is 24.3 Å². The fraction of sp³-hybridized carbons (Fsp3) is 0.792. The minimum atomic E-state index is -1.55. The summed E-state index contributed by atoms with van der Waals surface area (Å²) >= 11 is 0. The fourth-order valence-corrected chi connectivity index (χ4v) is 3.43. The Kier molecular flexibility index (Phi) is 15.5. The van der Waals surface area contributed by atoms with Gasteiger partial charge in [-0.25, -0.2) is 0 Å². The number of aliphatic hydroxyl groups excluding tert-OH is 4. The van der Waals surface area contributed by atoms with Crippen LogP contribution in [0.1, 0.15) is 84.0 Å². The van der Waals surface area contributed by atoms with Gasteiger partial charge in [0.15, 0.2) is 0 Å². The zero-order valence-corrected chi connectivity index (χ0v) is 18.9. The van der Waals surface area contributed by atoms with E-state index >= 15 is 0 Å². The minimum Gasteiger partial charge on any atom is -0.433 e. The molecule has 1 rings (SSSR count). The maximum absolute atomic E-state index is 11.9. The van der Waals surface area contributed by atoms with Crippen molar-refractivity contribution in [2.75, 3.05) is 6.61 Å². The smallest absolute Gasteiger partial charge is 0.308 e. The van der Waals surface area contributed by atoms with Gasteiger partial charge in [0.05, 0.1) is 6.61 Å². The van der Waals surface area contributed by atoms with Gasteiger partial charge in [0.2, 0.25) is 6.29 Å². The van der Waals surface area contributed by atoms with Crippen molar-refractivity contribution in [1.82, 2.24) is 0 Å². The van der Waals surface area contributed by atoms with Crippen LogP contribution in [0.4, 0.5) is 0 Å². The second-order valence-electron chi connectivity index (χ2n) is 8.17. The van der Waals surface area contributed by atoms with E-state index in [2.05, 4.69) is 31.2 Å². The first-order valence-electron chi connectivity index (χ1n) is 11.8. The van der Waals surface area contributed by atoms with E-state index in [0.29, 0.717) is 6.42 Å². The molecule has 0 aromatic heterocycles. The zero-order chi connectivity index (χ0) is 22.9. The zero-order valence-electron chi connectivity index (χ0n) is 18.9. The van der Waals surface area contributed by atoms with Crippen molar-refractivity contribution in [3.8, 4) is 0 Å². The third kappa shape index (κ3) is 11.8. The number of allylic oxidation sites excluding steroid dienone is 4. The van der Waals surface area contributed by atoms with Gasteiger partial charge in [-0.15, -0.1) is 0 Å². The van der Waals surface area contributed by atoms with Crippen LogP contribution in [-0.4, -0.2) is 63.7 Å². The molecule has 0 amide bonds. The van der Waals surface area contributed by atoms with Gasteiger partial charge in [-0.05, 0) is 38.5 Å². The summed E-state index contributed by atoms with van der Waals surface area (Å²) in [5.74, 6) is -0.532. The molecule has 180 valence electrons. The Labute approximate surface area is 186 Å². The molecule has 1 saturated heterocycles.